The maximum atomic E-state index is 12.4. The molecule has 1 N–H and O–H groups in total. The van der Waals surface area contributed by atoms with E-state index in [0.29, 0.717) is 12.2 Å². The van der Waals surface area contributed by atoms with Gasteiger partial charge in [-0.3, -0.25) is 4.79 Å². The van der Waals surface area contributed by atoms with E-state index in [1.165, 1.54) is 0 Å². The fourth-order valence-corrected chi connectivity index (χ4v) is 2.47. The molecule has 0 radical (unpaired) electrons. The highest BCUT2D eigenvalue weighted by Gasteiger charge is 2.32. The molecule has 1 heterocycles. The van der Waals surface area contributed by atoms with Crippen molar-refractivity contribution in [3.8, 4) is 5.75 Å². The van der Waals surface area contributed by atoms with E-state index in [0.717, 1.165) is 19.4 Å². The normalized spacial score (nSPS) is 20.3. The lowest BCUT2D eigenvalue weighted by Crippen LogP contribution is -2.45. The van der Waals surface area contributed by atoms with Gasteiger partial charge in [-0.1, -0.05) is 25.1 Å². The molecule has 0 aromatic heterocycles. The Balaban J connectivity index is 2.03. The lowest BCUT2D eigenvalue weighted by atomic mass is 10.2. The van der Waals surface area contributed by atoms with E-state index in [2.05, 4.69) is 0 Å². The molecule has 1 saturated heterocycles. The summed E-state index contributed by atoms with van der Waals surface area (Å²) in [5, 5.41) is 9.29. The number of carbonyl (C=O) groups is 1. The highest BCUT2D eigenvalue weighted by Crippen LogP contribution is 2.20. The highest BCUT2D eigenvalue weighted by atomic mass is 16.5. The van der Waals surface area contributed by atoms with Crippen LogP contribution in [0.15, 0.2) is 30.3 Å². The Morgan fingerprint density at radius 1 is 1.47 bits per heavy atom. The number of carbonyl (C=O) groups excluding carboxylic acids is 1. The summed E-state index contributed by atoms with van der Waals surface area (Å²) in [6, 6.07) is 9.35. The Morgan fingerprint density at radius 3 is 2.84 bits per heavy atom. The molecule has 104 valence electrons. The van der Waals surface area contributed by atoms with Crippen LogP contribution in [0.4, 0.5) is 0 Å². The fourth-order valence-electron chi connectivity index (χ4n) is 2.47. The number of ether oxygens (including phenoxy) is 1. The van der Waals surface area contributed by atoms with Gasteiger partial charge in [-0.15, -0.1) is 0 Å². The number of benzene rings is 1. The van der Waals surface area contributed by atoms with Crippen LogP contribution in [0.5, 0.6) is 5.75 Å². The standard InChI is InChI=1S/C15H21NO3/c1-2-14(19-13-8-4-3-5-9-13)15(18)16-10-6-7-12(16)11-17/h3-5,8-9,12,14,17H,2,6-7,10-11H2,1H3/t12-,14?/m1/s1. The van der Waals surface area contributed by atoms with E-state index in [1.807, 2.05) is 37.3 Å². The SMILES string of the molecule is CCC(Oc1ccccc1)C(=O)N1CCC[C@@H]1CO. The van der Waals surface area contributed by atoms with Gasteiger partial charge in [-0.05, 0) is 31.4 Å². The predicted octanol–water partition coefficient (Wildman–Crippen LogP) is 1.83. The molecule has 1 unspecified atom stereocenters. The van der Waals surface area contributed by atoms with Crippen molar-refractivity contribution in [2.45, 2.75) is 38.3 Å². The van der Waals surface area contributed by atoms with Crippen molar-refractivity contribution in [2.75, 3.05) is 13.2 Å². The molecule has 1 fully saturated rings. The third-order valence-electron chi connectivity index (χ3n) is 3.54. The third-order valence-corrected chi connectivity index (χ3v) is 3.54. The van der Waals surface area contributed by atoms with E-state index in [-0.39, 0.29) is 18.6 Å². The van der Waals surface area contributed by atoms with Gasteiger partial charge in [-0.25, -0.2) is 0 Å². The van der Waals surface area contributed by atoms with E-state index >= 15 is 0 Å². The maximum absolute atomic E-state index is 12.4. The smallest absolute Gasteiger partial charge is 0.263 e. The van der Waals surface area contributed by atoms with Crippen molar-refractivity contribution in [3.63, 3.8) is 0 Å². The van der Waals surface area contributed by atoms with E-state index in [1.54, 1.807) is 4.90 Å². The average Bonchev–Trinajstić information content (AvgIpc) is 2.93. The van der Waals surface area contributed by atoms with Crippen LogP contribution in [0.1, 0.15) is 26.2 Å². The lowest BCUT2D eigenvalue weighted by molar-refractivity contribution is -0.140. The molecule has 2 atom stereocenters. The molecule has 0 aliphatic carbocycles. The van der Waals surface area contributed by atoms with Crippen molar-refractivity contribution in [2.24, 2.45) is 0 Å². The lowest BCUT2D eigenvalue weighted by Gasteiger charge is -2.27. The second-order valence-electron chi connectivity index (χ2n) is 4.84. The molecule has 1 aromatic carbocycles. The zero-order valence-corrected chi connectivity index (χ0v) is 11.3. The summed E-state index contributed by atoms with van der Waals surface area (Å²) in [5.41, 5.74) is 0. The molecule has 19 heavy (non-hydrogen) atoms. The number of para-hydroxylation sites is 1. The Hall–Kier alpha value is -1.55. The van der Waals surface area contributed by atoms with Crippen LogP contribution < -0.4 is 4.74 Å². The van der Waals surface area contributed by atoms with Gasteiger partial charge in [0, 0.05) is 6.54 Å². The molecule has 0 spiro atoms. The monoisotopic (exact) mass is 263 g/mol. The molecule has 0 saturated carbocycles. The minimum Gasteiger partial charge on any atom is -0.481 e. The van der Waals surface area contributed by atoms with Crippen molar-refractivity contribution in [3.05, 3.63) is 30.3 Å². The number of hydrogen-bond donors (Lipinski definition) is 1. The Morgan fingerprint density at radius 2 is 2.21 bits per heavy atom. The highest BCUT2D eigenvalue weighted by molar-refractivity contribution is 5.81. The number of amides is 1. The van der Waals surface area contributed by atoms with Crippen LogP contribution in [-0.2, 0) is 4.79 Å². The van der Waals surface area contributed by atoms with E-state index in [4.69, 9.17) is 4.74 Å². The molecule has 0 bridgehead atoms. The van der Waals surface area contributed by atoms with Crippen molar-refractivity contribution >= 4 is 5.91 Å². The first-order valence-corrected chi connectivity index (χ1v) is 6.89. The molecular weight excluding hydrogens is 242 g/mol. The second-order valence-corrected chi connectivity index (χ2v) is 4.84. The Bertz CT molecular complexity index is 407. The van der Waals surface area contributed by atoms with E-state index in [9.17, 15) is 9.90 Å². The van der Waals surface area contributed by atoms with Crippen LogP contribution in [0, 0.1) is 0 Å². The second kappa shape index (κ2) is 6.57. The van der Waals surface area contributed by atoms with Gasteiger partial charge in [-0.2, -0.15) is 0 Å². The summed E-state index contributed by atoms with van der Waals surface area (Å²) < 4.78 is 5.76. The molecule has 1 aliphatic heterocycles. The Labute approximate surface area is 114 Å². The zero-order valence-electron chi connectivity index (χ0n) is 11.3. The molecule has 1 amide bonds. The largest absolute Gasteiger partial charge is 0.481 e. The van der Waals surface area contributed by atoms with Gasteiger partial charge in [0.05, 0.1) is 12.6 Å². The molecular formula is C15H21NO3. The van der Waals surface area contributed by atoms with Gasteiger partial charge in [0.2, 0.25) is 0 Å². The van der Waals surface area contributed by atoms with Crippen molar-refractivity contribution in [1.82, 2.24) is 4.90 Å². The molecule has 1 aliphatic rings. The fraction of sp³-hybridized carbons (Fsp3) is 0.533. The number of aliphatic hydroxyl groups is 1. The summed E-state index contributed by atoms with van der Waals surface area (Å²) >= 11 is 0. The van der Waals surface area contributed by atoms with E-state index < -0.39 is 6.10 Å². The van der Waals surface area contributed by atoms with Crippen LogP contribution >= 0.6 is 0 Å². The number of aliphatic hydroxyl groups excluding tert-OH is 1. The third kappa shape index (κ3) is 3.26. The number of hydrogen-bond acceptors (Lipinski definition) is 3. The van der Waals surface area contributed by atoms with Crippen LogP contribution in [-0.4, -0.2) is 41.2 Å². The first-order chi connectivity index (χ1) is 9.26. The molecule has 4 nitrogen and oxygen atoms in total. The first kappa shape index (κ1) is 13.9. The van der Waals surface area contributed by atoms with Gasteiger partial charge < -0.3 is 14.7 Å². The predicted molar refractivity (Wildman–Crippen MR) is 73.0 cm³/mol. The summed E-state index contributed by atoms with van der Waals surface area (Å²) in [7, 11) is 0. The van der Waals surface area contributed by atoms with Gasteiger partial charge >= 0.3 is 0 Å². The zero-order chi connectivity index (χ0) is 13.7. The number of nitrogens with zero attached hydrogens (tertiary/aromatic N) is 1. The molecule has 1 aromatic rings. The van der Waals surface area contributed by atoms with Gasteiger partial charge in [0.15, 0.2) is 6.10 Å². The van der Waals surface area contributed by atoms with Gasteiger partial charge in [0.1, 0.15) is 5.75 Å². The molecule has 2 rings (SSSR count). The first-order valence-electron chi connectivity index (χ1n) is 6.89. The number of likely N-dealkylation sites (tertiary alicyclic amines) is 1. The minimum atomic E-state index is -0.463. The maximum Gasteiger partial charge on any atom is 0.263 e. The topological polar surface area (TPSA) is 49.8 Å². The van der Waals surface area contributed by atoms with Crippen molar-refractivity contribution < 1.29 is 14.6 Å². The Kier molecular flexibility index (Phi) is 4.80. The van der Waals surface area contributed by atoms with Gasteiger partial charge in [0.25, 0.3) is 5.91 Å². The summed E-state index contributed by atoms with van der Waals surface area (Å²) in [6.07, 6.45) is 2.00. The summed E-state index contributed by atoms with van der Waals surface area (Å²) in [5.74, 6) is 0.699. The molecule has 4 heteroatoms. The minimum absolute atomic E-state index is 0.0112. The summed E-state index contributed by atoms with van der Waals surface area (Å²) in [6.45, 7) is 2.70. The number of rotatable bonds is 5. The van der Waals surface area contributed by atoms with Crippen LogP contribution in [0.2, 0.25) is 0 Å². The summed E-state index contributed by atoms with van der Waals surface area (Å²) in [4.78, 5) is 14.2. The average molecular weight is 263 g/mol. The van der Waals surface area contributed by atoms with Crippen molar-refractivity contribution in [1.29, 1.82) is 0 Å². The quantitative estimate of drug-likeness (QED) is 0.881. The van der Waals surface area contributed by atoms with Crippen LogP contribution in [0.25, 0.3) is 0 Å². The van der Waals surface area contributed by atoms with Crippen LogP contribution in [0.3, 0.4) is 0 Å².